The Labute approximate surface area is 127 Å². The molecule has 4 nitrogen and oxygen atoms in total. The van der Waals surface area contributed by atoms with Crippen molar-refractivity contribution in [3.05, 3.63) is 20.8 Å². The molecule has 1 aliphatic heterocycles. The van der Waals surface area contributed by atoms with E-state index in [1.165, 1.54) is 4.88 Å². The van der Waals surface area contributed by atoms with Crippen LogP contribution in [-0.2, 0) is 11.2 Å². The Bertz CT molecular complexity index is 404. The number of nitrogens with one attached hydrogen (secondary N) is 1. The smallest absolute Gasteiger partial charge is 0.0594 e. The summed E-state index contributed by atoms with van der Waals surface area (Å²) in [6.07, 6.45) is 0.942. The lowest BCUT2D eigenvalue weighted by atomic mass is 9.89. The van der Waals surface area contributed by atoms with Gasteiger partial charge < -0.3 is 4.74 Å². The molecule has 0 spiro atoms. The Morgan fingerprint density at radius 3 is 2.74 bits per heavy atom. The summed E-state index contributed by atoms with van der Waals surface area (Å²) in [5.74, 6) is 5.81. The summed E-state index contributed by atoms with van der Waals surface area (Å²) < 4.78 is 6.58. The second-order valence-corrected chi connectivity index (χ2v) is 7.32. The zero-order valence-corrected chi connectivity index (χ0v) is 13.9. The van der Waals surface area contributed by atoms with E-state index in [-0.39, 0.29) is 11.6 Å². The van der Waals surface area contributed by atoms with Gasteiger partial charge >= 0.3 is 0 Å². The highest BCUT2D eigenvalue weighted by molar-refractivity contribution is 9.10. The van der Waals surface area contributed by atoms with Crippen LogP contribution in [0.1, 0.15) is 18.7 Å². The number of thiophene rings is 1. The maximum Gasteiger partial charge on any atom is 0.0594 e. The lowest BCUT2D eigenvalue weighted by Crippen LogP contribution is -2.62. The largest absolute Gasteiger partial charge is 0.379 e. The molecular weight excluding hydrogens is 326 g/mol. The molecule has 0 bridgehead atoms. The normalized spacial score (nSPS) is 19.6. The molecule has 6 heteroatoms. The van der Waals surface area contributed by atoms with Crippen LogP contribution in [0.5, 0.6) is 0 Å². The highest BCUT2D eigenvalue weighted by Gasteiger charge is 2.35. The maximum absolute atomic E-state index is 5.81. The summed E-state index contributed by atoms with van der Waals surface area (Å²) in [6, 6.07) is 2.39. The van der Waals surface area contributed by atoms with Crippen LogP contribution in [0.3, 0.4) is 0 Å². The molecule has 1 fully saturated rings. The molecule has 1 atom stereocenters. The Morgan fingerprint density at radius 2 is 2.21 bits per heavy atom. The number of nitrogens with zero attached hydrogens (tertiary/aromatic N) is 1. The maximum atomic E-state index is 5.81. The number of nitrogens with two attached hydrogens (primary N) is 1. The van der Waals surface area contributed by atoms with Gasteiger partial charge in [-0.1, -0.05) is 0 Å². The number of hydrogen-bond donors (Lipinski definition) is 2. The molecule has 0 saturated carbocycles. The molecule has 2 rings (SSSR count). The third-order valence-corrected chi connectivity index (χ3v) is 5.63. The van der Waals surface area contributed by atoms with Gasteiger partial charge in [0.05, 0.1) is 13.2 Å². The number of morpholine rings is 1. The van der Waals surface area contributed by atoms with Crippen LogP contribution in [0.25, 0.3) is 0 Å². The molecule has 0 aromatic carbocycles. The minimum atomic E-state index is 0.00892. The van der Waals surface area contributed by atoms with Crippen LogP contribution in [0.15, 0.2) is 15.9 Å². The van der Waals surface area contributed by atoms with Crippen molar-refractivity contribution >= 4 is 27.3 Å². The number of ether oxygens (including phenoxy) is 1. The van der Waals surface area contributed by atoms with E-state index >= 15 is 0 Å². The van der Waals surface area contributed by atoms with Crippen LogP contribution >= 0.6 is 27.3 Å². The van der Waals surface area contributed by atoms with Gasteiger partial charge in [-0.2, -0.15) is 0 Å². The molecule has 1 unspecified atom stereocenters. The molecule has 19 heavy (non-hydrogen) atoms. The van der Waals surface area contributed by atoms with Gasteiger partial charge in [-0.05, 0) is 35.8 Å². The summed E-state index contributed by atoms with van der Waals surface area (Å²) in [5.41, 5.74) is 3.02. The Kier molecular flexibility index (Phi) is 5.39. The molecule has 1 aromatic rings. The van der Waals surface area contributed by atoms with E-state index in [9.17, 15) is 0 Å². The zero-order valence-electron chi connectivity index (χ0n) is 11.5. The third kappa shape index (κ3) is 3.77. The predicted octanol–water partition coefficient (Wildman–Crippen LogP) is 2.00. The monoisotopic (exact) mass is 347 g/mol. The van der Waals surface area contributed by atoms with Gasteiger partial charge in [-0.15, -0.1) is 11.3 Å². The summed E-state index contributed by atoms with van der Waals surface area (Å²) in [5, 5.41) is 2.12. The van der Waals surface area contributed by atoms with Crippen molar-refractivity contribution < 1.29 is 4.74 Å². The van der Waals surface area contributed by atoms with E-state index in [0.717, 1.165) is 37.2 Å². The molecule has 2 heterocycles. The number of halogens is 1. The highest BCUT2D eigenvalue weighted by atomic mass is 79.9. The molecule has 3 N–H and O–H groups in total. The van der Waals surface area contributed by atoms with Crippen molar-refractivity contribution in [3.63, 3.8) is 0 Å². The van der Waals surface area contributed by atoms with Crippen LogP contribution in [0.4, 0.5) is 0 Å². The Balaban J connectivity index is 2.06. The predicted molar refractivity (Wildman–Crippen MR) is 83.3 cm³/mol. The fourth-order valence-electron chi connectivity index (χ4n) is 2.53. The number of rotatable bonds is 5. The van der Waals surface area contributed by atoms with Crippen LogP contribution in [0.2, 0.25) is 0 Å². The first-order chi connectivity index (χ1) is 9.04. The standard InChI is InChI=1S/C13H22BrN3OS/c1-13(2,17-3-5-18-6-4-17)12(16-15)8-11-7-10(14)9-19-11/h7,9,12,16H,3-6,8,15H2,1-2H3. The molecule has 1 saturated heterocycles. The molecule has 0 amide bonds. The molecule has 1 aliphatic rings. The van der Waals surface area contributed by atoms with Crippen LogP contribution < -0.4 is 11.3 Å². The summed E-state index contributed by atoms with van der Waals surface area (Å²) in [4.78, 5) is 3.81. The second-order valence-electron chi connectivity index (χ2n) is 5.41. The van der Waals surface area contributed by atoms with E-state index in [1.54, 1.807) is 11.3 Å². The fourth-order valence-corrected chi connectivity index (χ4v) is 4.03. The molecular formula is C13H22BrN3OS. The average Bonchev–Trinajstić information content (AvgIpc) is 2.82. The number of hydrazine groups is 1. The van der Waals surface area contributed by atoms with Gasteiger partial charge in [-0.3, -0.25) is 16.2 Å². The minimum absolute atomic E-state index is 0.00892. The van der Waals surface area contributed by atoms with Crippen LogP contribution in [-0.4, -0.2) is 42.8 Å². The van der Waals surface area contributed by atoms with Gasteiger partial charge in [0.25, 0.3) is 0 Å². The van der Waals surface area contributed by atoms with E-state index in [1.807, 2.05) is 0 Å². The van der Waals surface area contributed by atoms with E-state index in [4.69, 9.17) is 10.6 Å². The lowest BCUT2D eigenvalue weighted by molar-refractivity contribution is -0.0232. The van der Waals surface area contributed by atoms with Gasteiger partial charge in [0.2, 0.25) is 0 Å². The summed E-state index contributed by atoms with van der Waals surface area (Å²) in [7, 11) is 0. The Hall–Kier alpha value is 0.0200. The van der Waals surface area contributed by atoms with Crippen molar-refractivity contribution in [1.82, 2.24) is 10.3 Å². The van der Waals surface area contributed by atoms with Crippen molar-refractivity contribution in [1.29, 1.82) is 0 Å². The second kappa shape index (κ2) is 6.65. The quantitative estimate of drug-likeness (QED) is 0.631. The van der Waals surface area contributed by atoms with Gasteiger partial charge in [0.15, 0.2) is 0 Å². The van der Waals surface area contributed by atoms with Crippen molar-refractivity contribution in [3.8, 4) is 0 Å². The van der Waals surface area contributed by atoms with Crippen LogP contribution in [0, 0.1) is 0 Å². The molecule has 108 valence electrons. The van der Waals surface area contributed by atoms with Gasteiger partial charge in [-0.25, -0.2) is 0 Å². The third-order valence-electron chi connectivity index (χ3n) is 3.91. The molecule has 1 aromatic heterocycles. The summed E-state index contributed by atoms with van der Waals surface area (Å²) >= 11 is 5.27. The minimum Gasteiger partial charge on any atom is -0.379 e. The van der Waals surface area contributed by atoms with Gasteiger partial charge in [0.1, 0.15) is 0 Å². The van der Waals surface area contributed by atoms with E-state index < -0.39 is 0 Å². The van der Waals surface area contributed by atoms with Gasteiger partial charge in [0, 0.05) is 45.8 Å². The first kappa shape index (κ1) is 15.4. The van der Waals surface area contributed by atoms with E-state index in [0.29, 0.717) is 0 Å². The molecule has 0 radical (unpaired) electrons. The summed E-state index contributed by atoms with van der Waals surface area (Å²) in [6.45, 7) is 8.08. The number of hydrogen-bond acceptors (Lipinski definition) is 5. The fraction of sp³-hybridized carbons (Fsp3) is 0.692. The molecule has 0 aliphatic carbocycles. The zero-order chi connectivity index (χ0) is 13.9. The topological polar surface area (TPSA) is 50.5 Å². The Morgan fingerprint density at radius 1 is 1.53 bits per heavy atom. The van der Waals surface area contributed by atoms with E-state index in [2.05, 4.69) is 51.5 Å². The highest BCUT2D eigenvalue weighted by Crippen LogP contribution is 2.26. The average molecular weight is 348 g/mol. The lowest BCUT2D eigenvalue weighted by Gasteiger charge is -2.45. The van der Waals surface area contributed by atoms with Crippen molar-refractivity contribution in [2.45, 2.75) is 31.8 Å². The van der Waals surface area contributed by atoms with Crippen molar-refractivity contribution in [2.24, 2.45) is 5.84 Å². The SMILES string of the molecule is CC(C)(C(Cc1cc(Br)cs1)NN)N1CCOCC1. The first-order valence-electron chi connectivity index (χ1n) is 6.56. The van der Waals surface area contributed by atoms with Crippen molar-refractivity contribution in [2.75, 3.05) is 26.3 Å². The first-order valence-corrected chi connectivity index (χ1v) is 8.23.